The van der Waals surface area contributed by atoms with Crippen LogP contribution < -0.4 is 16.0 Å². The molecule has 3 amide bonds. The number of carbonyl (C=O) groups excluding carboxylic acids is 2. The van der Waals surface area contributed by atoms with Crippen molar-refractivity contribution in [3.8, 4) is 0 Å². The fourth-order valence-corrected chi connectivity index (χ4v) is 3.12. The van der Waals surface area contributed by atoms with Gasteiger partial charge in [0.2, 0.25) is 0 Å². The molecule has 134 valence electrons. The van der Waals surface area contributed by atoms with E-state index < -0.39 is 6.04 Å². The fourth-order valence-electron chi connectivity index (χ4n) is 2.82. The first-order chi connectivity index (χ1) is 12.3. The fraction of sp³-hybridized carbons (Fsp3) is 0.158. The van der Waals surface area contributed by atoms with Crippen molar-refractivity contribution < 1.29 is 9.59 Å². The van der Waals surface area contributed by atoms with E-state index in [1.54, 1.807) is 43.3 Å². The molecule has 1 aliphatic heterocycles. The van der Waals surface area contributed by atoms with Gasteiger partial charge in [-0.05, 0) is 49.2 Å². The smallest absolute Gasteiger partial charge is 0.319 e. The second-order valence-electron chi connectivity index (χ2n) is 6.04. The summed E-state index contributed by atoms with van der Waals surface area (Å²) in [5.41, 5.74) is 3.18. The van der Waals surface area contributed by atoms with Gasteiger partial charge in [-0.25, -0.2) is 4.79 Å². The first-order valence-electron chi connectivity index (χ1n) is 7.96. The molecule has 3 rings (SSSR count). The number of rotatable bonds is 3. The van der Waals surface area contributed by atoms with Crippen LogP contribution in [0.15, 0.2) is 53.7 Å². The summed E-state index contributed by atoms with van der Waals surface area (Å²) in [6.45, 7) is 3.58. The Morgan fingerprint density at radius 1 is 1.04 bits per heavy atom. The summed E-state index contributed by atoms with van der Waals surface area (Å²) < 4.78 is 0. The molecule has 0 bridgehead atoms. The van der Waals surface area contributed by atoms with Crippen molar-refractivity contribution in [2.75, 3.05) is 5.32 Å². The van der Waals surface area contributed by atoms with Crippen LogP contribution in [0.3, 0.4) is 0 Å². The summed E-state index contributed by atoms with van der Waals surface area (Å²) in [6.07, 6.45) is 0. The maximum atomic E-state index is 13.0. The molecule has 2 aromatic rings. The van der Waals surface area contributed by atoms with E-state index in [9.17, 15) is 9.59 Å². The number of amides is 3. The highest BCUT2D eigenvalue weighted by molar-refractivity contribution is 6.31. The van der Waals surface area contributed by atoms with Gasteiger partial charge in [-0.2, -0.15) is 0 Å². The van der Waals surface area contributed by atoms with Gasteiger partial charge >= 0.3 is 6.03 Å². The van der Waals surface area contributed by atoms with E-state index in [1.165, 1.54) is 0 Å². The van der Waals surface area contributed by atoms with Gasteiger partial charge < -0.3 is 16.0 Å². The first-order valence-corrected chi connectivity index (χ1v) is 8.72. The monoisotopic (exact) mass is 389 g/mol. The number of hydrogen-bond acceptors (Lipinski definition) is 2. The summed E-state index contributed by atoms with van der Waals surface area (Å²) in [7, 11) is 0. The highest BCUT2D eigenvalue weighted by Crippen LogP contribution is 2.29. The molecule has 0 saturated carbocycles. The van der Waals surface area contributed by atoms with Gasteiger partial charge in [0, 0.05) is 21.4 Å². The third kappa shape index (κ3) is 3.84. The summed E-state index contributed by atoms with van der Waals surface area (Å²) in [4.78, 5) is 24.9. The standard InChI is InChI=1S/C19H17Cl2N3O2/c1-10-3-6-14(21)9-15(10)23-18(25)16-11(2)22-19(26)24-17(16)12-4-7-13(20)8-5-12/h3-9,17H,1-2H3,(H,23,25)(H2,22,24,26)/t17-/m1/s1. The zero-order valence-electron chi connectivity index (χ0n) is 14.2. The Kier molecular flexibility index (Phi) is 5.20. The van der Waals surface area contributed by atoms with Crippen molar-refractivity contribution in [3.05, 3.63) is 74.9 Å². The summed E-state index contributed by atoms with van der Waals surface area (Å²) in [5.74, 6) is -0.319. The summed E-state index contributed by atoms with van der Waals surface area (Å²) in [5, 5.41) is 9.42. The highest BCUT2D eigenvalue weighted by Gasteiger charge is 2.31. The van der Waals surface area contributed by atoms with Gasteiger partial charge in [-0.3, -0.25) is 4.79 Å². The van der Waals surface area contributed by atoms with E-state index in [-0.39, 0.29) is 11.9 Å². The van der Waals surface area contributed by atoms with Crippen molar-refractivity contribution >= 4 is 40.8 Å². The van der Waals surface area contributed by atoms with Crippen molar-refractivity contribution in [1.82, 2.24) is 10.6 Å². The van der Waals surface area contributed by atoms with Crippen LogP contribution in [-0.2, 0) is 4.79 Å². The van der Waals surface area contributed by atoms with Gasteiger partial charge in [-0.15, -0.1) is 0 Å². The number of nitrogens with one attached hydrogen (secondary N) is 3. The number of anilines is 1. The average Bonchev–Trinajstić information content (AvgIpc) is 2.58. The van der Waals surface area contributed by atoms with Crippen LogP contribution in [0.5, 0.6) is 0 Å². The Balaban J connectivity index is 1.96. The number of hydrogen-bond donors (Lipinski definition) is 3. The number of urea groups is 1. The number of allylic oxidation sites excluding steroid dienone is 1. The predicted octanol–water partition coefficient (Wildman–Crippen LogP) is 4.57. The molecule has 1 heterocycles. The molecule has 0 unspecified atom stereocenters. The molecule has 0 fully saturated rings. The molecule has 0 spiro atoms. The molecule has 5 nitrogen and oxygen atoms in total. The molecule has 26 heavy (non-hydrogen) atoms. The number of halogens is 2. The van der Waals surface area contributed by atoms with Crippen LogP contribution in [0.2, 0.25) is 10.0 Å². The number of carbonyl (C=O) groups is 2. The van der Waals surface area contributed by atoms with Gasteiger partial charge in [0.15, 0.2) is 0 Å². The largest absolute Gasteiger partial charge is 0.327 e. The van der Waals surface area contributed by atoms with Crippen LogP contribution in [0, 0.1) is 6.92 Å². The van der Waals surface area contributed by atoms with Gasteiger partial charge in [0.1, 0.15) is 0 Å². The van der Waals surface area contributed by atoms with E-state index in [1.807, 2.05) is 13.0 Å². The molecule has 3 N–H and O–H groups in total. The maximum Gasteiger partial charge on any atom is 0.319 e. The number of benzene rings is 2. The Bertz CT molecular complexity index is 908. The van der Waals surface area contributed by atoms with Gasteiger partial charge in [0.05, 0.1) is 11.6 Å². The number of aryl methyl sites for hydroxylation is 1. The SMILES string of the molecule is CC1=C(C(=O)Nc2cc(Cl)ccc2C)[C@@H](c2ccc(Cl)cc2)NC(=O)N1. The van der Waals surface area contributed by atoms with Gasteiger partial charge in [-0.1, -0.05) is 41.4 Å². The quantitative estimate of drug-likeness (QED) is 0.719. The molecule has 0 aromatic heterocycles. The Labute approximate surface area is 161 Å². The molecule has 0 aliphatic carbocycles. The summed E-state index contributed by atoms with van der Waals surface area (Å²) >= 11 is 12.0. The summed E-state index contributed by atoms with van der Waals surface area (Å²) in [6, 6.07) is 11.3. The van der Waals surface area contributed by atoms with E-state index in [0.717, 1.165) is 11.1 Å². The molecule has 2 aromatic carbocycles. The van der Waals surface area contributed by atoms with Crippen LogP contribution in [0.1, 0.15) is 24.1 Å². The lowest BCUT2D eigenvalue weighted by atomic mass is 9.95. The van der Waals surface area contributed by atoms with Crippen LogP contribution in [0.25, 0.3) is 0 Å². The van der Waals surface area contributed by atoms with Crippen molar-refractivity contribution in [3.63, 3.8) is 0 Å². The van der Waals surface area contributed by atoms with E-state index >= 15 is 0 Å². The lowest BCUT2D eigenvalue weighted by molar-refractivity contribution is -0.113. The minimum Gasteiger partial charge on any atom is -0.327 e. The molecule has 0 radical (unpaired) electrons. The second kappa shape index (κ2) is 7.40. The molecule has 1 atom stereocenters. The topological polar surface area (TPSA) is 70.2 Å². The Hall–Kier alpha value is -2.50. The molecular formula is C19H17Cl2N3O2. The van der Waals surface area contributed by atoms with Crippen molar-refractivity contribution in [2.45, 2.75) is 19.9 Å². The normalized spacial score (nSPS) is 16.8. The molecule has 0 saturated heterocycles. The Morgan fingerprint density at radius 3 is 2.38 bits per heavy atom. The van der Waals surface area contributed by atoms with Crippen molar-refractivity contribution in [2.24, 2.45) is 0 Å². The average molecular weight is 390 g/mol. The van der Waals surface area contributed by atoms with Crippen LogP contribution in [-0.4, -0.2) is 11.9 Å². The van der Waals surface area contributed by atoms with Crippen molar-refractivity contribution in [1.29, 1.82) is 0 Å². The second-order valence-corrected chi connectivity index (χ2v) is 6.91. The lowest BCUT2D eigenvalue weighted by Gasteiger charge is -2.29. The molecule has 1 aliphatic rings. The minimum absolute atomic E-state index is 0.319. The van der Waals surface area contributed by atoms with Gasteiger partial charge in [0.25, 0.3) is 5.91 Å². The zero-order valence-corrected chi connectivity index (χ0v) is 15.7. The van der Waals surface area contributed by atoms with Crippen LogP contribution in [0.4, 0.5) is 10.5 Å². The molecular weight excluding hydrogens is 373 g/mol. The Morgan fingerprint density at radius 2 is 1.69 bits per heavy atom. The van der Waals surface area contributed by atoms with E-state index in [0.29, 0.717) is 27.0 Å². The third-order valence-corrected chi connectivity index (χ3v) is 4.65. The zero-order chi connectivity index (χ0) is 18.8. The predicted molar refractivity (Wildman–Crippen MR) is 103 cm³/mol. The lowest BCUT2D eigenvalue weighted by Crippen LogP contribution is -2.46. The molecule has 7 heteroatoms. The maximum absolute atomic E-state index is 13.0. The van der Waals surface area contributed by atoms with E-state index in [4.69, 9.17) is 23.2 Å². The first kappa shape index (κ1) is 18.3. The highest BCUT2D eigenvalue weighted by atomic mass is 35.5. The third-order valence-electron chi connectivity index (χ3n) is 4.16. The van der Waals surface area contributed by atoms with Crippen LogP contribution >= 0.6 is 23.2 Å². The van der Waals surface area contributed by atoms with E-state index in [2.05, 4.69) is 16.0 Å². The minimum atomic E-state index is -0.583.